The van der Waals surface area contributed by atoms with Gasteiger partial charge in [-0.3, -0.25) is 4.79 Å². The number of hydrogen-bond acceptors (Lipinski definition) is 5. The SMILES string of the molecule is CCNc1nccc(C(=O)Nc2cncnc2)c1F. The van der Waals surface area contributed by atoms with Gasteiger partial charge in [0.05, 0.1) is 23.6 Å². The van der Waals surface area contributed by atoms with Crippen molar-refractivity contribution in [1.29, 1.82) is 0 Å². The van der Waals surface area contributed by atoms with Crippen molar-refractivity contribution >= 4 is 17.4 Å². The van der Waals surface area contributed by atoms with Crippen LogP contribution < -0.4 is 10.6 Å². The van der Waals surface area contributed by atoms with E-state index in [9.17, 15) is 9.18 Å². The third-order valence-electron chi connectivity index (χ3n) is 2.30. The Hall–Kier alpha value is -2.57. The second kappa shape index (κ2) is 5.85. The van der Waals surface area contributed by atoms with Crippen molar-refractivity contribution in [3.05, 3.63) is 42.4 Å². The van der Waals surface area contributed by atoms with Gasteiger partial charge in [0.15, 0.2) is 11.6 Å². The van der Waals surface area contributed by atoms with Crippen molar-refractivity contribution in [2.45, 2.75) is 6.92 Å². The average molecular weight is 261 g/mol. The van der Waals surface area contributed by atoms with E-state index < -0.39 is 11.7 Å². The molecule has 0 bridgehead atoms. The molecule has 0 aliphatic rings. The zero-order valence-electron chi connectivity index (χ0n) is 10.2. The molecular formula is C12H12FN5O. The predicted molar refractivity (Wildman–Crippen MR) is 68.3 cm³/mol. The molecule has 0 unspecified atom stereocenters. The molecule has 0 aromatic carbocycles. The molecule has 2 N–H and O–H groups in total. The van der Waals surface area contributed by atoms with E-state index in [1.165, 1.54) is 31.0 Å². The third kappa shape index (κ3) is 3.01. The minimum Gasteiger partial charge on any atom is -0.368 e. The van der Waals surface area contributed by atoms with Crippen LogP contribution in [0.5, 0.6) is 0 Å². The molecule has 0 aliphatic carbocycles. The molecule has 0 aliphatic heterocycles. The lowest BCUT2D eigenvalue weighted by Gasteiger charge is -2.08. The Morgan fingerprint density at radius 3 is 2.79 bits per heavy atom. The first-order valence-electron chi connectivity index (χ1n) is 5.67. The first-order chi connectivity index (χ1) is 9.22. The summed E-state index contributed by atoms with van der Waals surface area (Å²) in [7, 11) is 0. The van der Waals surface area contributed by atoms with E-state index in [2.05, 4.69) is 25.6 Å². The summed E-state index contributed by atoms with van der Waals surface area (Å²) in [6, 6.07) is 1.31. The summed E-state index contributed by atoms with van der Waals surface area (Å²) in [6.07, 6.45) is 5.56. The van der Waals surface area contributed by atoms with Crippen LogP contribution in [0.3, 0.4) is 0 Å². The molecule has 2 aromatic heterocycles. The Kier molecular flexibility index (Phi) is 3.97. The zero-order chi connectivity index (χ0) is 13.7. The maximum Gasteiger partial charge on any atom is 0.258 e. The summed E-state index contributed by atoms with van der Waals surface area (Å²) in [5, 5.41) is 5.25. The largest absolute Gasteiger partial charge is 0.368 e. The minimum atomic E-state index is -0.682. The van der Waals surface area contributed by atoms with Crippen molar-refractivity contribution in [3.63, 3.8) is 0 Å². The Balaban J connectivity index is 2.22. The van der Waals surface area contributed by atoms with Gasteiger partial charge < -0.3 is 10.6 Å². The monoisotopic (exact) mass is 261 g/mol. The van der Waals surface area contributed by atoms with E-state index >= 15 is 0 Å². The molecule has 0 radical (unpaired) electrons. The molecule has 7 heteroatoms. The van der Waals surface area contributed by atoms with Gasteiger partial charge in [-0.1, -0.05) is 0 Å². The Morgan fingerprint density at radius 1 is 1.37 bits per heavy atom. The van der Waals surface area contributed by atoms with Crippen LogP contribution in [0.15, 0.2) is 31.0 Å². The van der Waals surface area contributed by atoms with E-state index in [0.29, 0.717) is 12.2 Å². The van der Waals surface area contributed by atoms with Crippen LogP contribution in [-0.4, -0.2) is 27.4 Å². The maximum absolute atomic E-state index is 14.0. The molecular weight excluding hydrogens is 249 g/mol. The summed E-state index contributed by atoms with van der Waals surface area (Å²) < 4.78 is 14.0. The van der Waals surface area contributed by atoms with E-state index in [4.69, 9.17) is 0 Å². The second-order valence-electron chi connectivity index (χ2n) is 3.63. The van der Waals surface area contributed by atoms with Crippen LogP contribution in [0.2, 0.25) is 0 Å². The van der Waals surface area contributed by atoms with Gasteiger partial charge in [0.25, 0.3) is 5.91 Å². The van der Waals surface area contributed by atoms with Gasteiger partial charge in [-0.05, 0) is 13.0 Å². The average Bonchev–Trinajstić information content (AvgIpc) is 2.42. The summed E-state index contributed by atoms with van der Waals surface area (Å²) in [5.41, 5.74) is 0.309. The summed E-state index contributed by atoms with van der Waals surface area (Å²) in [5.74, 6) is -1.20. The van der Waals surface area contributed by atoms with Crippen molar-refractivity contribution < 1.29 is 9.18 Å². The van der Waals surface area contributed by atoms with Gasteiger partial charge in [0.1, 0.15) is 6.33 Å². The molecule has 0 spiro atoms. The molecule has 1 amide bonds. The Morgan fingerprint density at radius 2 is 2.11 bits per heavy atom. The summed E-state index contributed by atoms with van der Waals surface area (Å²) in [6.45, 7) is 2.33. The second-order valence-corrected chi connectivity index (χ2v) is 3.63. The number of carbonyl (C=O) groups is 1. The first-order valence-corrected chi connectivity index (χ1v) is 5.67. The number of aromatic nitrogens is 3. The van der Waals surface area contributed by atoms with Crippen molar-refractivity contribution in [3.8, 4) is 0 Å². The molecule has 0 saturated carbocycles. The standard InChI is InChI=1S/C12H12FN5O/c1-2-16-11-10(13)9(3-4-17-11)12(19)18-8-5-14-7-15-6-8/h3-7H,2H2,1H3,(H,16,17)(H,18,19). The highest BCUT2D eigenvalue weighted by atomic mass is 19.1. The van der Waals surface area contributed by atoms with Gasteiger partial charge in [-0.2, -0.15) is 0 Å². The number of nitrogens with zero attached hydrogens (tertiary/aromatic N) is 3. The van der Waals surface area contributed by atoms with E-state index in [1.54, 1.807) is 0 Å². The number of halogens is 1. The minimum absolute atomic E-state index is 0.0551. The molecule has 2 rings (SSSR count). The number of anilines is 2. The van der Waals surface area contributed by atoms with Crippen LogP contribution in [0.1, 0.15) is 17.3 Å². The van der Waals surface area contributed by atoms with Gasteiger partial charge >= 0.3 is 0 Å². The molecule has 19 heavy (non-hydrogen) atoms. The smallest absolute Gasteiger partial charge is 0.258 e. The molecule has 0 atom stereocenters. The van der Waals surface area contributed by atoms with Crippen LogP contribution in [0.25, 0.3) is 0 Å². The number of nitrogens with one attached hydrogen (secondary N) is 2. The van der Waals surface area contributed by atoms with Gasteiger partial charge in [0, 0.05) is 12.7 Å². The highest BCUT2D eigenvalue weighted by Gasteiger charge is 2.15. The van der Waals surface area contributed by atoms with Gasteiger partial charge in [-0.15, -0.1) is 0 Å². The molecule has 0 saturated heterocycles. The maximum atomic E-state index is 14.0. The van der Waals surface area contributed by atoms with Crippen molar-refractivity contribution in [2.75, 3.05) is 17.2 Å². The number of pyridine rings is 1. The fraction of sp³-hybridized carbons (Fsp3) is 0.167. The number of carbonyl (C=O) groups excluding carboxylic acids is 1. The van der Waals surface area contributed by atoms with E-state index in [-0.39, 0.29) is 11.4 Å². The lowest BCUT2D eigenvalue weighted by molar-refractivity contribution is 0.102. The fourth-order valence-electron chi connectivity index (χ4n) is 1.47. The number of hydrogen-bond donors (Lipinski definition) is 2. The lowest BCUT2D eigenvalue weighted by Crippen LogP contribution is -2.16. The van der Waals surface area contributed by atoms with Gasteiger partial charge in [0.2, 0.25) is 0 Å². The zero-order valence-corrected chi connectivity index (χ0v) is 10.2. The molecule has 2 heterocycles. The first kappa shape index (κ1) is 12.9. The summed E-state index contributed by atoms with van der Waals surface area (Å²) >= 11 is 0. The molecule has 0 fully saturated rings. The molecule has 98 valence electrons. The quantitative estimate of drug-likeness (QED) is 0.875. The van der Waals surface area contributed by atoms with E-state index in [0.717, 1.165) is 0 Å². The van der Waals surface area contributed by atoms with E-state index in [1.807, 2.05) is 6.92 Å². The van der Waals surface area contributed by atoms with Gasteiger partial charge in [-0.25, -0.2) is 19.3 Å². The molecule has 2 aromatic rings. The highest BCUT2D eigenvalue weighted by Crippen LogP contribution is 2.16. The van der Waals surface area contributed by atoms with Crippen molar-refractivity contribution in [2.24, 2.45) is 0 Å². The predicted octanol–water partition coefficient (Wildman–Crippen LogP) is 1.69. The number of amides is 1. The topological polar surface area (TPSA) is 79.8 Å². The Labute approximate surface area is 109 Å². The Bertz CT molecular complexity index is 576. The molecule has 6 nitrogen and oxygen atoms in total. The van der Waals surface area contributed by atoms with Crippen LogP contribution in [0, 0.1) is 5.82 Å². The summed E-state index contributed by atoms with van der Waals surface area (Å²) in [4.78, 5) is 23.3. The number of rotatable bonds is 4. The fourth-order valence-corrected chi connectivity index (χ4v) is 1.47. The normalized spacial score (nSPS) is 10.0. The third-order valence-corrected chi connectivity index (χ3v) is 2.30. The van der Waals surface area contributed by atoms with Crippen LogP contribution in [-0.2, 0) is 0 Å². The van der Waals surface area contributed by atoms with Crippen LogP contribution in [0.4, 0.5) is 15.9 Å². The van der Waals surface area contributed by atoms with Crippen LogP contribution >= 0.6 is 0 Å². The lowest BCUT2D eigenvalue weighted by atomic mass is 10.2. The highest BCUT2D eigenvalue weighted by molar-refractivity contribution is 6.04. The van der Waals surface area contributed by atoms with Crippen molar-refractivity contribution in [1.82, 2.24) is 15.0 Å².